The van der Waals surface area contributed by atoms with Crippen LogP contribution in [0.4, 0.5) is 18.9 Å². The molecule has 1 aliphatic heterocycles. The number of nitrogens with zero attached hydrogens (tertiary/aromatic N) is 1. The molecule has 0 spiro atoms. The number of hydrogen-bond acceptors (Lipinski definition) is 3. The molecule has 0 aliphatic carbocycles. The standard InChI is InChI=1S/C14H18F3N3OS/c15-14(16,17)21-12-6-2-1-5-11(12)20-13(18)19-8-10-4-3-7-22-9-10/h1-2,5-6,10H,3-4,7-9H2,(H3,18,19,20). The normalized spacial score (nSPS) is 19.8. The predicted octanol–water partition coefficient (Wildman–Crippen LogP) is 3.46. The predicted molar refractivity (Wildman–Crippen MR) is 83.3 cm³/mol. The molecule has 3 N–H and O–H groups in total. The minimum Gasteiger partial charge on any atom is -0.404 e. The summed E-state index contributed by atoms with van der Waals surface area (Å²) in [6.45, 7) is 0.578. The van der Waals surface area contributed by atoms with Gasteiger partial charge in [0.15, 0.2) is 11.7 Å². The van der Waals surface area contributed by atoms with E-state index in [9.17, 15) is 13.2 Å². The fourth-order valence-electron chi connectivity index (χ4n) is 2.14. The van der Waals surface area contributed by atoms with E-state index in [0.29, 0.717) is 12.5 Å². The van der Waals surface area contributed by atoms with Crippen LogP contribution < -0.4 is 15.8 Å². The first-order chi connectivity index (χ1) is 10.4. The molecule has 0 amide bonds. The molecule has 1 aromatic rings. The molecule has 0 radical (unpaired) electrons. The van der Waals surface area contributed by atoms with Gasteiger partial charge >= 0.3 is 6.36 Å². The second kappa shape index (κ2) is 7.62. The highest BCUT2D eigenvalue weighted by Gasteiger charge is 2.32. The van der Waals surface area contributed by atoms with Crippen molar-refractivity contribution in [2.75, 3.05) is 23.4 Å². The molecule has 1 aliphatic rings. The number of nitrogens with one attached hydrogen (secondary N) is 1. The Balaban J connectivity index is 1.97. The van der Waals surface area contributed by atoms with Gasteiger partial charge in [0.05, 0.1) is 5.69 Å². The van der Waals surface area contributed by atoms with Gasteiger partial charge < -0.3 is 15.8 Å². The molecular formula is C14H18F3N3OS. The first kappa shape index (κ1) is 16.8. The van der Waals surface area contributed by atoms with Crippen LogP contribution in [0.1, 0.15) is 12.8 Å². The van der Waals surface area contributed by atoms with E-state index in [1.165, 1.54) is 30.4 Å². The van der Waals surface area contributed by atoms with Crippen LogP contribution in [-0.2, 0) is 0 Å². The van der Waals surface area contributed by atoms with Gasteiger partial charge in [-0.3, -0.25) is 4.99 Å². The number of halogens is 3. The number of anilines is 1. The Labute approximate surface area is 131 Å². The number of rotatable bonds is 4. The van der Waals surface area contributed by atoms with Gasteiger partial charge in [0.1, 0.15) is 0 Å². The van der Waals surface area contributed by atoms with Crippen molar-refractivity contribution in [1.29, 1.82) is 0 Å². The largest absolute Gasteiger partial charge is 0.573 e. The average molecular weight is 333 g/mol. The molecule has 1 atom stereocenters. The van der Waals surface area contributed by atoms with E-state index < -0.39 is 6.36 Å². The summed E-state index contributed by atoms with van der Waals surface area (Å²) in [5.74, 6) is 2.46. The van der Waals surface area contributed by atoms with Crippen LogP contribution >= 0.6 is 11.8 Å². The van der Waals surface area contributed by atoms with Gasteiger partial charge in [-0.25, -0.2) is 0 Å². The third-order valence-electron chi connectivity index (χ3n) is 3.15. The van der Waals surface area contributed by atoms with Crippen molar-refractivity contribution in [3.63, 3.8) is 0 Å². The summed E-state index contributed by atoms with van der Waals surface area (Å²) in [5.41, 5.74) is 5.89. The average Bonchev–Trinajstić information content (AvgIpc) is 2.47. The molecule has 0 aromatic heterocycles. The van der Waals surface area contributed by atoms with Crippen LogP contribution in [0.25, 0.3) is 0 Å². The van der Waals surface area contributed by atoms with Gasteiger partial charge in [-0.15, -0.1) is 13.2 Å². The topological polar surface area (TPSA) is 59.6 Å². The molecule has 22 heavy (non-hydrogen) atoms. The first-order valence-corrected chi connectivity index (χ1v) is 8.09. The summed E-state index contributed by atoms with van der Waals surface area (Å²) in [7, 11) is 0. The number of benzene rings is 1. The van der Waals surface area contributed by atoms with Gasteiger partial charge in [-0.2, -0.15) is 11.8 Å². The molecule has 1 heterocycles. The van der Waals surface area contributed by atoms with E-state index >= 15 is 0 Å². The van der Waals surface area contributed by atoms with Crippen molar-refractivity contribution in [3.05, 3.63) is 24.3 Å². The Kier molecular flexibility index (Phi) is 5.82. The van der Waals surface area contributed by atoms with Crippen molar-refractivity contribution in [3.8, 4) is 5.75 Å². The number of para-hydroxylation sites is 2. The summed E-state index contributed by atoms with van der Waals surface area (Å²) in [6, 6.07) is 5.73. The highest BCUT2D eigenvalue weighted by atomic mass is 32.2. The third kappa shape index (κ3) is 5.67. The van der Waals surface area contributed by atoms with E-state index in [1.807, 2.05) is 11.8 Å². The minimum absolute atomic E-state index is 0.0915. The Morgan fingerprint density at radius 3 is 2.86 bits per heavy atom. The second-order valence-electron chi connectivity index (χ2n) is 4.98. The summed E-state index contributed by atoms with van der Waals surface area (Å²) < 4.78 is 41.0. The maximum Gasteiger partial charge on any atom is 0.573 e. The Morgan fingerprint density at radius 1 is 1.41 bits per heavy atom. The zero-order valence-electron chi connectivity index (χ0n) is 11.9. The highest BCUT2D eigenvalue weighted by Crippen LogP contribution is 2.29. The number of nitrogens with two attached hydrogens (primary N) is 1. The second-order valence-corrected chi connectivity index (χ2v) is 6.13. The van der Waals surface area contributed by atoms with Crippen molar-refractivity contribution in [2.24, 2.45) is 16.6 Å². The van der Waals surface area contributed by atoms with Gasteiger partial charge in [-0.1, -0.05) is 12.1 Å². The van der Waals surface area contributed by atoms with E-state index in [1.54, 1.807) is 6.07 Å². The van der Waals surface area contributed by atoms with Crippen molar-refractivity contribution < 1.29 is 17.9 Å². The first-order valence-electron chi connectivity index (χ1n) is 6.93. The molecular weight excluding hydrogens is 315 g/mol. The number of guanidine groups is 1. The van der Waals surface area contributed by atoms with Crippen molar-refractivity contribution in [2.45, 2.75) is 19.2 Å². The lowest BCUT2D eigenvalue weighted by Crippen LogP contribution is -2.26. The van der Waals surface area contributed by atoms with Crippen LogP contribution in [0.2, 0.25) is 0 Å². The smallest absolute Gasteiger partial charge is 0.404 e. The van der Waals surface area contributed by atoms with E-state index in [4.69, 9.17) is 5.73 Å². The zero-order valence-corrected chi connectivity index (χ0v) is 12.7. The lowest BCUT2D eigenvalue weighted by molar-refractivity contribution is -0.274. The maximum atomic E-state index is 12.3. The Hall–Kier alpha value is -1.57. The highest BCUT2D eigenvalue weighted by molar-refractivity contribution is 7.99. The van der Waals surface area contributed by atoms with Gasteiger partial charge in [0.2, 0.25) is 0 Å². The molecule has 0 saturated carbocycles. The number of ether oxygens (including phenoxy) is 1. The molecule has 1 unspecified atom stereocenters. The molecule has 122 valence electrons. The molecule has 0 bridgehead atoms. The van der Waals surface area contributed by atoms with E-state index in [-0.39, 0.29) is 17.4 Å². The molecule has 1 fully saturated rings. The van der Waals surface area contributed by atoms with Gasteiger partial charge in [0, 0.05) is 6.54 Å². The lowest BCUT2D eigenvalue weighted by atomic mass is 10.1. The summed E-state index contributed by atoms with van der Waals surface area (Å²) in [6.07, 6.45) is -2.47. The summed E-state index contributed by atoms with van der Waals surface area (Å²) >= 11 is 1.89. The molecule has 1 saturated heterocycles. The monoisotopic (exact) mass is 333 g/mol. The Morgan fingerprint density at radius 2 is 2.18 bits per heavy atom. The minimum atomic E-state index is -4.75. The fraction of sp³-hybridized carbons (Fsp3) is 0.500. The van der Waals surface area contributed by atoms with Crippen molar-refractivity contribution >= 4 is 23.4 Å². The molecule has 4 nitrogen and oxygen atoms in total. The number of alkyl halides is 3. The maximum absolute atomic E-state index is 12.3. The van der Waals surface area contributed by atoms with Crippen LogP contribution in [0.3, 0.4) is 0 Å². The molecule has 2 rings (SSSR count). The van der Waals surface area contributed by atoms with Gasteiger partial charge in [0.25, 0.3) is 0 Å². The Bertz CT molecular complexity index is 516. The summed E-state index contributed by atoms with van der Waals surface area (Å²) in [5, 5.41) is 2.67. The van der Waals surface area contributed by atoms with Crippen LogP contribution in [0.5, 0.6) is 5.75 Å². The SMILES string of the molecule is NC(=NCC1CCCSC1)Nc1ccccc1OC(F)(F)F. The fourth-order valence-corrected chi connectivity index (χ4v) is 3.28. The van der Waals surface area contributed by atoms with Crippen molar-refractivity contribution in [1.82, 2.24) is 0 Å². The summed E-state index contributed by atoms with van der Waals surface area (Å²) in [4.78, 5) is 4.21. The van der Waals surface area contributed by atoms with Crippen LogP contribution in [0, 0.1) is 5.92 Å². The van der Waals surface area contributed by atoms with Crippen LogP contribution in [-0.4, -0.2) is 30.4 Å². The number of aliphatic imine (C=N–C) groups is 1. The van der Waals surface area contributed by atoms with Gasteiger partial charge in [-0.05, 0) is 42.4 Å². The zero-order chi connectivity index (χ0) is 16.0. The third-order valence-corrected chi connectivity index (χ3v) is 4.43. The van der Waals surface area contributed by atoms with E-state index in [0.717, 1.165) is 12.2 Å². The lowest BCUT2D eigenvalue weighted by Gasteiger charge is -2.19. The van der Waals surface area contributed by atoms with E-state index in [2.05, 4.69) is 15.0 Å². The number of thioether (sulfide) groups is 1. The molecule has 8 heteroatoms. The molecule has 1 aromatic carbocycles. The quantitative estimate of drug-likeness (QED) is 0.654. The number of hydrogen-bond donors (Lipinski definition) is 2. The van der Waals surface area contributed by atoms with Crippen LogP contribution in [0.15, 0.2) is 29.3 Å².